The molecule has 1 fully saturated rings. The van der Waals surface area contributed by atoms with E-state index in [9.17, 15) is 4.79 Å². The van der Waals surface area contributed by atoms with Crippen molar-refractivity contribution in [2.24, 2.45) is 11.3 Å². The highest BCUT2D eigenvalue weighted by molar-refractivity contribution is 9.10. The first-order valence-corrected chi connectivity index (χ1v) is 4.51. The summed E-state index contributed by atoms with van der Waals surface area (Å²) in [5.41, 5.74) is 0.280. The topological polar surface area (TPSA) is 17.1 Å². The van der Waals surface area contributed by atoms with E-state index in [1.807, 2.05) is 0 Å². The van der Waals surface area contributed by atoms with Crippen LogP contribution in [0.25, 0.3) is 0 Å². The molecule has 1 nitrogen and oxygen atoms in total. The van der Waals surface area contributed by atoms with Crippen LogP contribution in [0.5, 0.6) is 0 Å². The lowest BCUT2D eigenvalue weighted by Gasteiger charge is -2.40. The van der Waals surface area contributed by atoms with Gasteiger partial charge in [-0.3, -0.25) is 4.79 Å². The van der Waals surface area contributed by atoms with E-state index >= 15 is 0 Å². The first-order chi connectivity index (χ1) is 4.43. The van der Waals surface area contributed by atoms with Crippen LogP contribution in [0.3, 0.4) is 0 Å². The molecule has 0 saturated heterocycles. The van der Waals surface area contributed by atoms with Gasteiger partial charge in [-0.2, -0.15) is 0 Å². The zero-order chi connectivity index (χ0) is 7.94. The monoisotopic (exact) mass is 204 g/mol. The Bertz CT molecular complexity index is 157. The Kier molecular flexibility index (Phi) is 1.92. The smallest absolute Gasteiger partial charge is 0.147 e. The molecule has 58 valence electrons. The molecule has 0 unspecified atom stereocenters. The van der Waals surface area contributed by atoms with Crippen molar-refractivity contribution in [2.75, 3.05) is 0 Å². The Morgan fingerprint density at radius 1 is 1.50 bits per heavy atom. The molecule has 0 bridgehead atoms. The molecule has 1 aliphatic carbocycles. The molecule has 1 saturated carbocycles. The quantitative estimate of drug-likeness (QED) is 0.555. The fourth-order valence-electron chi connectivity index (χ4n) is 1.24. The molecule has 1 rings (SSSR count). The van der Waals surface area contributed by atoms with Crippen LogP contribution < -0.4 is 0 Å². The van der Waals surface area contributed by atoms with Gasteiger partial charge in [-0.1, -0.05) is 36.7 Å². The van der Waals surface area contributed by atoms with Crippen molar-refractivity contribution in [1.29, 1.82) is 0 Å². The molecule has 0 aromatic carbocycles. The van der Waals surface area contributed by atoms with Crippen molar-refractivity contribution in [3.05, 3.63) is 0 Å². The minimum Gasteiger partial charge on any atom is -0.298 e. The molecular formula is C8H13BrO. The predicted molar refractivity (Wildman–Crippen MR) is 45.3 cm³/mol. The third-order valence-corrected chi connectivity index (χ3v) is 3.34. The van der Waals surface area contributed by atoms with Crippen LogP contribution in [-0.2, 0) is 4.79 Å². The van der Waals surface area contributed by atoms with Crippen molar-refractivity contribution in [2.45, 2.75) is 32.0 Å². The Balaban J connectivity index is 2.56. The number of Topliss-reactive ketones (excluding diaryl/α,β-unsaturated/α-hetero) is 1. The number of rotatable bonds is 0. The Hall–Kier alpha value is 0.150. The minimum atomic E-state index is 0.132. The second kappa shape index (κ2) is 2.33. The molecule has 0 aliphatic heterocycles. The fraction of sp³-hybridized carbons (Fsp3) is 0.875. The van der Waals surface area contributed by atoms with E-state index in [0.29, 0.717) is 11.7 Å². The van der Waals surface area contributed by atoms with Crippen LogP contribution in [0.1, 0.15) is 27.2 Å². The minimum absolute atomic E-state index is 0.132. The van der Waals surface area contributed by atoms with Gasteiger partial charge in [0.1, 0.15) is 5.78 Å². The Morgan fingerprint density at radius 3 is 2.10 bits per heavy atom. The maximum absolute atomic E-state index is 10.8. The maximum atomic E-state index is 10.8. The van der Waals surface area contributed by atoms with Crippen LogP contribution in [-0.4, -0.2) is 10.6 Å². The van der Waals surface area contributed by atoms with Gasteiger partial charge >= 0.3 is 0 Å². The summed E-state index contributed by atoms with van der Waals surface area (Å²) in [6.07, 6.45) is 0.763. The molecule has 0 heterocycles. The van der Waals surface area contributed by atoms with Gasteiger partial charge in [0.25, 0.3) is 0 Å². The molecule has 2 heteroatoms. The van der Waals surface area contributed by atoms with E-state index in [1.165, 1.54) is 0 Å². The molecular weight excluding hydrogens is 192 g/mol. The van der Waals surface area contributed by atoms with Crippen molar-refractivity contribution in [3.8, 4) is 0 Å². The predicted octanol–water partition coefficient (Wildman–Crippen LogP) is 2.39. The van der Waals surface area contributed by atoms with Crippen molar-refractivity contribution < 1.29 is 4.79 Å². The highest BCUT2D eigenvalue weighted by Crippen LogP contribution is 2.42. The van der Waals surface area contributed by atoms with E-state index in [-0.39, 0.29) is 10.2 Å². The summed E-state index contributed by atoms with van der Waals surface area (Å²) in [4.78, 5) is 11.0. The number of hydrogen-bond donors (Lipinski definition) is 0. The van der Waals surface area contributed by atoms with Crippen LogP contribution in [0, 0.1) is 11.3 Å². The van der Waals surface area contributed by atoms with Gasteiger partial charge in [-0.05, 0) is 11.3 Å². The second-order valence-corrected chi connectivity index (χ2v) is 5.03. The van der Waals surface area contributed by atoms with E-state index in [1.54, 1.807) is 0 Å². The molecule has 0 amide bonds. The molecule has 0 spiro atoms. The van der Waals surface area contributed by atoms with Crippen LogP contribution in [0.2, 0.25) is 0 Å². The van der Waals surface area contributed by atoms with E-state index < -0.39 is 0 Å². The largest absolute Gasteiger partial charge is 0.298 e. The lowest BCUT2D eigenvalue weighted by molar-refractivity contribution is -0.128. The van der Waals surface area contributed by atoms with E-state index in [2.05, 4.69) is 36.7 Å². The molecule has 10 heavy (non-hydrogen) atoms. The average molecular weight is 205 g/mol. The number of carbonyl (C=O) groups is 1. The summed E-state index contributed by atoms with van der Waals surface area (Å²) in [6, 6.07) is 0. The summed E-state index contributed by atoms with van der Waals surface area (Å²) in [7, 11) is 0. The number of hydrogen-bond acceptors (Lipinski definition) is 1. The number of halogens is 1. The molecule has 1 aliphatic rings. The lowest BCUT2D eigenvalue weighted by Crippen LogP contribution is -2.45. The standard InChI is InChI=1S/C8H13BrO/c1-8(2,3)5-4-6(10)7(5)9/h5,7H,4H2,1-3H3/t5-,7-/m0/s1. The number of carbonyl (C=O) groups excluding carboxylic acids is 1. The first kappa shape index (κ1) is 8.25. The third-order valence-electron chi connectivity index (χ3n) is 2.19. The van der Waals surface area contributed by atoms with Gasteiger partial charge in [0.2, 0.25) is 0 Å². The zero-order valence-corrected chi connectivity index (χ0v) is 8.23. The maximum Gasteiger partial charge on any atom is 0.147 e. The van der Waals surface area contributed by atoms with Gasteiger partial charge < -0.3 is 0 Å². The molecule has 0 aromatic heterocycles. The summed E-state index contributed by atoms with van der Waals surface area (Å²) >= 11 is 3.38. The average Bonchev–Trinajstić information content (AvgIpc) is 1.79. The third kappa shape index (κ3) is 1.26. The summed E-state index contributed by atoms with van der Waals surface area (Å²) < 4.78 is 0. The van der Waals surface area contributed by atoms with Gasteiger partial charge in [0.05, 0.1) is 4.83 Å². The highest BCUT2D eigenvalue weighted by Gasteiger charge is 2.44. The Labute approximate surface area is 70.3 Å². The normalized spacial score (nSPS) is 33.8. The molecule has 0 radical (unpaired) electrons. The Morgan fingerprint density at radius 2 is 2.00 bits per heavy atom. The summed E-state index contributed by atoms with van der Waals surface area (Å²) in [5, 5.41) is 0. The fourth-order valence-corrected chi connectivity index (χ4v) is 2.41. The highest BCUT2D eigenvalue weighted by atomic mass is 79.9. The zero-order valence-electron chi connectivity index (χ0n) is 6.65. The molecule has 0 N–H and O–H groups in total. The van der Waals surface area contributed by atoms with Crippen LogP contribution in [0.15, 0.2) is 0 Å². The van der Waals surface area contributed by atoms with Gasteiger partial charge in [-0.25, -0.2) is 0 Å². The first-order valence-electron chi connectivity index (χ1n) is 3.59. The van der Waals surface area contributed by atoms with Crippen LogP contribution >= 0.6 is 15.9 Å². The summed E-state index contributed by atoms with van der Waals surface area (Å²) in [6.45, 7) is 6.54. The number of ketones is 1. The van der Waals surface area contributed by atoms with E-state index in [4.69, 9.17) is 0 Å². The molecule has 0 aromatic rings. The van der Waals surface area contributed by atoms with Gasteiger partial charge in [0, 0.05) is 6.42 Å². The van der Waals surface area contributed by atoms with Crippen molar-refractivity contribution in [3.63, 3.8) is 0 Å². The van der Waals surface area contributed by atoms with Gasteiger partial charge in [0.15, 0.2) is 0 Å². The molecule has 2 atom stereocenters. The van der Waals surface area contributed by atoms with Crippen molar-refractivity contribution in [1.82, 2.24) is 0 Å². The summed E-state index contributed by atoms with van der Waals surface area (Å²) in [5.74, 6) is 0.903. The number of alkyl halides is 1. The lowest BCUT2D eigenvalue weighted by atomic mass is 9.68. The van der Waals surface area contributed by atoms with Crippen molar-refractivity contribution >= 4 is 21.7 Å². The van der Waals surface area contributed by atoms with Gasteiger partial charge in [-0.15, -0.1) is 0 Å². The van der Waals surface area contributed by atoms with E-state index in [0.717, 1.165) is 6.42 Å². The SMILES string of the molecule is CC(C)(C)[C@H]1CC(=O)[C@H]1Br. The van der Waals surface area contributed by atoms with Crippen LogP contribution in [0.4, 0.5) is 0 Å². The second-order valence-electron chi connectivity index (χ2n) is 4.04.